The standard InChI is InChI=1S/C30H33NO5/c1-29(2)24(15-16-30(29,3)28(34)35)26(32)31-25(27(33)36-19-20-9-5-4-6-10-20)18-21-13-14-22-11-7-8-12-23(22)17-21/h4-14,17,24-25H,15-16,18-19H2,1-3H3,(H,31,32)(H,34,35)/t24-,25+,30+/m1/s1. The lowest BCUT2D eigenvalue weighted by Gasteiger charge is -2.38. The second-order valence-corrected chi connectivity index (χ2v) is 10.5. The molecule has 3 aromatic rings. The molecular formula is C30H33NO5. The summed E-state index contributed by atoms with van der Waals surface area (Å²) in [5, 5.41) is 14.9. The predicted octanol–water partition coefficient (Wildman–Crippen LogP) is 5.14. The van der Waals surface area contributed by atoms with Crippen LogP contribution in [0.1, 0.15) is 44.7 Å². The van der Waals surface area contributed by atoms with Gasteiger partial charge < -0.3 is 15.2 Å². The lowest BCUT2D eigenvalue weighted by Crippen LogP contribution is -2.50. The van der Waals surface area contributed by atoms with Crippen LogP contribution < -0.4 is 5.32 Å². The fourth-order valence-corrected chi connectivity index (χ4v) is 5.24. The van der Waals surface area contributed by atoms with Crippen LogP contribution in [0, 0.1) is 16.7 Å². The van der Waals surface area contributed by atoms with Crippen LogP contribution in [-0.4, -0.2) is 29.0 Å². The quantitative estimate of drug-likeness (QED) is 0.429. The van der Waals surface area contributed by atoms with Gasteiger partial charge in [-0.1, -0.05) is 86.6 Å². The van der Waals surface area contributed by atoms with Crippen molar-refractivity contribution in [1.82, 2.24) is 5.32 Å². The van der Waals surface area contributed by atoms with Crippen LogP contribution in [0.5, 0.6) is 0 Å². The molecule has 0 heterocycles. The SMILES string of the molecule is CC1(C)[C@@H](C(=O)N[C@@H](Cc2ccc3ccccc3c2)C(=O)OCc2ccccc2)CC[C@@]1(C)C(=O)O. The molecule has 36 heavy (non-hydrogen) atoms. The predicted molar refractivity (Wildman–Crippen MR) is 138 cm³/mol. The summed E-state index contributed by atoms with van der Waals surface area (Å²) in [5.41, 5.74) is -0.0337. The summed E-state index contributed by atoms with van der Waals surface area (Å²) in [5.74, 6) is -2.26. The molecule has 6 nitrogen and oxygen atoms in total. The van der Waals surface area contributed by atoms with Gasteiger partial charge in [-0.3, -0.25) is 9.59 Å². The summed E-state index contributed by atoms with van der Waals surface area (Å²) in [6.07, 6.45) is 1.12. The first kappa shape index (κ1) is 25.4. The zero-order chi connectivity index (χ0) is 25.9. The van der Waals surface area contributed by atoms with E-state index < -0.39 is 34.7 Å². The monoisotopic (exact) mass is 487 g/mol. The molecule has 3 atom stereocenters. The third kappa shape index (κ3) is 4.99. The Labute approximate surface area is 211 Å². The summed E-state index contributed by atoms with van der Waals surface area (Å²) < 4.78 is 5.60. The third-order valence-corrected chi connectivity index (χ3v) is 8.09. The number of ether oxygens (including phenoxy) is 1. The van der Waals surface area contributed by atoms with Gasteiger partial charge in [-0.15, -0.1) is 0 Å². The molecule has 0 spiro atoms. The zero-order valence-electron chi connectivity index (χ0n) is 21.0. The van der Waals surface area contributed by atoms with Gasteiger partial charge in [0.05, 0.1) is 5.41 Å². The van der Waals surface area contributed by atoms with E-state index in [1.54, 1.807) is 6.92 Å². The maximum Gasteiger partial charge on any atom is 0.329 e. The molecular weight excluding hydrogens is 454 g/mol. The molecule has 0 aromatic heterocycles. The third-order valence-electron chi connectivity index (χ3n) is 8.09. The number of carbonyl (C=O) groups is 3. The van der Waals surface area contributed by atoms with Gasteiger partial charge in [0.1, 0.15) is 12.6 Å². The van der Waals surface area contributed by atoms with Crippen molar-refractivity contribution in [2.45, 2.75) is 52.7 Å². The lowest BCUT2D eigenvalue weighted by atomic mass is 9.65. The Balaban J connectivity index is 1.55. The zero-order valence-corrected chi connectivity index (χ0v) is 21.0. The molecule has 0 radical (unpaired) electrons. The Morgan fingerprint density at radius 2 is 1.61 bits per heavy atom. The normalized spacial score (nSPS) is 21.6. The molecule has 0 bridgehead atoms. The molecule has 2 N–H and O–H groups in total. The van der Waals surface area contributed by atoms with Crippen LogP contribution >= 0.6 is 0 Å². The van der Waals surface area contributed by atoms with Gasteiger partial charge >= 0.3 is 11.9 Å². The number of amides is 1. The molecule has 1 saturated carbocycles. The van der Waals surface area contributed by atoms with Crippen LogP contribution in [-0.2, 0) is 32.1 Å². The van der Waals surface area contributed by atoms with Gasteiger partial charge in [0, 0.05) is 12.3 Å². The summed E-state index contributed by atoms with van der Waals surface area (Å²) >= 11 is 0. The number of benzene rings is 3. The average Bonchev–Trinajstić information content (AvgIpc) is 3.12. The fraction of sp³-hybridized carbons (Fsp3) is 0.367. The molecule has 1 aliphatic carbocycles. The minimum Gasteiger partial charge on any atom is -0.481 e. The Morgan fingerprint density at radius 1 is 0.944 bits per heavy atom. The van der Waals surface area contributed by atoms with Crippen molar-refractivity contribution in [2.24, 2.45) is 16.7 Å². The Morgan fingerprint density at radius 3 is 2.28 bits per heavy atom. The minimum atomic E-state index is -1.02. The second kappa shape index (κ2) is 10.1. The van der Waals surface area contributed by atoms with Crippen LogP contribution in [0.15, 0.2) is 72.8 Å². The van der Waals surface area contributed by atoms with Crippen molar-refractivity contribution in [3.63, 3.8) is 0 Å². The first-order chi connectivity index (χ1) is 17.1. The van der Waals surface area contributed by atoms with Gasteiger partial charge in [0.2, 0.25) is 5.91 Å². The van der Waals surface area contributed by atoms with Crippen molar-refractivity contribution in [3.05, 3.63) is 83.9 Å². The van der Waals surface area contributed by atoms with Gasteiger partial charge in [0.25, 0.3) is 0 Å². The molecule has 0 saturated heterocycles. The van der Waals surface area contributed by atoms with Gasteiger partial charge in [-0.05, 0) is 47.1 Å². The van der Waals surface area contributed by atoms with E-state index in [1.807, 2.05) is 86.6 Å². The number of carbonyl (C=O) groups excluding carboxylic acids is 2. The number of hydrogen-bond donors (Lipinski definition) is 2. The lowest BCUT2D eigenvalue weighted by molar-refractivity contribution is -0.156. The smallest absolute Gasteiger partial charge is 0.329 e. The van der Waals surface area contributed by atoms with E-state index in [9.17, 15) is 19.5 Å². The van der Waals surface area contributed by atoms with Crippen molar-refractivity contribution >= 4 is 28.6 Å². The van der Waals surface area contributed by atoms with E-state index in [2.05, 4.69) is 5.32 Å². The molecule has 1 aliphatic rings. The van der Waals surface area contributed by atoms with E-state index in [1.165, 1.54) is 0 Å². The average molecular weight is 488 g/mol. The summed E-state index contributed by atoms with van der Waals surface area (Å²) in [6.45, 7) is 5.45. The van der Waals surface area contributed by atoms with Crippen LogP contribution in [0.4, 0.5) is 0 Å². The topological polar surface area (TPSA) is 92.7 Å². The molecule has 0 unspecified atom stereocenters. The van der Waals surface area contributed by atoms with E-state index in [0.717, 1.165) is 21.9 Å². The summed E-state index contributed by atoms with van der Waals surface area (Å²) in [6, 6.07) is 22.4. The van der Waals surface area contributed by atoms with Crippen molar-refractivity contribution < 1.29 is 24.2 Å². The highest BCUT2D eigenvalue weighted by molar-refractivity contribution is 5.88. The van der Waals surface area contributed by atoms with Gasteiger partial charge in [0.15, 0.2) is 0 Å². The van der Waals surface area contributed by atoms with Crippen molar-refractivity contribution in [3.8, 4) is 0 Å². The maximum atomic E-state index is 13.5. The summed E-state index contributed by atoms with van der Waals surface area (Å²) in [7, 11) is 0. The number of aliphatic carboxylic acids is 1. The van der Waals surface area contributed by atoms with E-state index in [0.29, 0.717) is 12.8 Å². The van der Waals surface area contributed by atoms with E-state index in [-0.39, 0.29) is 18.9 Å². The highest BCUT2D eigenvalue weighted by atomic mass is 16.5. The maximum absolute atomic E-state index is 13.5. The number of carboxylic acids is 1. The number of hydrogen-bond acceptors (Lipinski definition) is 4. The minimum absolute atomic E-state index is 0.107. The van der Waals surface area contributed by atoms with Crippen LogP contribution in [0.25, 0.3) is 10.8 Å². The number of fused-ring (bicyclic) bond motifs is 1. The Bertz CT molecular complexity index is 1270. The molecule has 6 heteroatoms. The summed E-state index contributed by atoms with van der Waals surface area (Å²) in [4.78, 5) is 38.7. The number of esters is 1. The second-order valence-electron chi connectivity index (χ2n) is 10.5. The largest absolute Gasteiger partial charge is 0.481 e. The number of nitrogens with one attached hydrogen (secondary N) is 1. The van der Waals surface area contributed by atoms with Crippen LogP contribution in [0.3, 0.4) is 0 Å². The van der Waals surface area contributed by atoms with Gasteiger partial charge in [-0.2, -0.15) is 0 Å². The number of rotatable bonds is 8. The Kier molecular flexibility index (Phi) is 7.16. The molecule has 1 amide bonds. The molecule has 0 aliphatic heterocycles. The molecule has 3 aromatic carbocycles. The van der Waals surface area contributed by atoms with Crippen molar-refractivity contribution in [1.29, 1.82) is 0 Å². The molecule has 188 valence electrons. The number of carboxylic acid groups (broad SMARTS) is 1. The highest BCUT2D eigenvalue weighted by Gasteiger charge is 2.58. The van der Waals surface area contributed by atoms with Crippen LogP contribution in [0.2, 0.25) is 0 Å². The van der Waals surface area contributed by atoms with Gasteiger partial charge in [-0.25, -0.2) is 4.79 Å². The van der Waals surface area contributed by atoms with Crippen molar-refractivity contribution in [2.75, 3.05) is 0 Å². The molecule has 1 fully saturated rings. The molecule has 4 rings (SSSR count). The Hall–Kier alpha value is -3.67. The first-order valence-electron chi connectivity index (χ1n) is 12.3. The first-order valence-corrected chi connectivity index (χ1v) is 12.3. The van der Waals surface area contributed by atoms with E-state index >= 15 is 0 Å². The fourth-order valence-electron chi connectivity index (χ4n) is 5.24. The van der Waals surface area contributed by atoms with E-state index in [4.69, 9.17) is 4.74 Å². The highest BCUT2D eigenvalue weighted by Crippen LogP contribution is 2.56.